The number of Topliss-reactive ketones (excluding diaryl/α,β-unsaturated/α-hetero) is 1. The molecule has 1 N–H and O–H groups in total. The second kappa shape index (κ2) is 4.14. The summed E-state index contributed by atoms with van der Waals surface area (Å²) in [7, 11) is 1.80. The fourth-order valence-corrected chi connectivity index (χ4v) is 3.79. The van der Waals surface area contributed by atoms with E-state index >= 15 is 0 Å². The molecule has 2 unspecified atom stereocenters. The normalized spacial score (nSPS) is 35.5. The Balaban J connectivity index is 2.18. The third-order valence-corrected chi connectivity index (χ3v) is 4.52. The summed E-state index contributed by atoms with van der Waals surface area (Å²) in [5, 5.41) is 3.25. The SMILES string of the molecule is CNC1CC[C@H]2SCC(C(C)=O)N2C1=O. The maximum absolute atomic E-state index is 12.1. The Labute approximate surface area is 93.8 Å². The molecule has 0 spiro atoms. The number of nitrogens with zero attached hydrogens (tertiary/aromatic N) is 1. The van der Waals surface area contributed by atoms with Crippen molar-refractivity contribution in [1.82, 2.24) is 10.2 Å². The number of carbonyl (C=O) groups is 2. The molecule has 0 aromatic rings. The highest BCUT2D eigenvalue weighted by molar-refractivity contribution is 8.00. The first-order chi connectivity index (χ1) is 7.15. The van der Waals surface area contributed by atoms with Gasteiger partial charge in [0.1, 0.15) is 6.04 Å². The van der Waals surface area contributed by atoms with Gasteiger partial charge in [-0.3, -0.25) is 9.59 Å². The molecule has 1 amide bonds. The van der Waals surface area contributed by atoms with Gasteiger partial charge in [-0.2, -0.15) is 0 Å². The van der Waals surface area contributed by atoms with E-state index < -0.39 is 0 Å². The summed E-state index contributed by atoms with van der Waals surface area (Å²) in [6.45, 7) is 1.57. The molecule has 3 atom stereocenters. The van der Waals surface area contributed by atoms with Crippen LogP contribution in [0.5, 0.6) is 0 Å². The number of thioether (sulfide) groups is 1. The van der Waals surface area contributed by atoms with Crippen LogP contribution < -0.4 is 5.32 Å². The summed E-state index contributed by atoms with van der Waals surface area (Å²) in [5.74, 6) is 0.969. The highest BCUT2D eigenvalue weighted by Gasteiger charge is 2.44. The van der Waals surface area contributed by atoms with E-state index in [1.807, 2.05) is 0 Å². The Hall–Kier alpha value is -0.550. The monoisotopic (exact) mass is 228 g/mol. The number of fused-ring (bicyclic) bond motifs is 1. The number of hydrogen-bond acceptors (Lipinski definition) is 4. The summed E-state index contributed by atoms with van der Waals surface area (Å²) in [6.07, 6.45) is 1.87. The van der Waals surface area contributed by atoms with E-state index in [0.717, 1.165) is 18.6 Å². The lowest BCUT2D eigenvalue weighted by Crippen LogP contribution is -2.55. The Morgan fingerprint density at radius 3 is 2.87 bits per heavy atom. The highest BCUT2D eigenvalue weighted by atomic mass is 32.2. The summed E-state index contributed by atoms with van der Waals surface area (Å²) in [4.78, 5) is 25.3. The predicted octanol–water partition coefficient (Wildman–Crippen LogP) is 0.227. The van der Waals surface area contributed by atoms with Crippen LogP contribution in [-0.2, 0) is 9.59 Å². The average Bonchev–Trinajstić information content (AvgIpc) is 2.63. The molecule has 2 rings (SSSR count). The lowest BCUT2D eigenvalue weighted by Gasteiger charge is -2.36. The van der Waals surface area contributed by atoms with Crippen LogP contribution in [0.4, 0.5) is 0 Å². The quantitative estimate of drug-likeness (QED) is 0.735. The molecule has 0 saturated carbocycles. The van der Waals surface area contributed by atoms with Crippen LogP contribution >= 0.6 is 11.8 Å². The number of amides is 1. The molecule has 0 bridgehead atoms. The number of nitrogens with one attached hydrogen (secondary N) is 1. The van der Waals surface area contributed by atoms with Gasteiger partial charge in [0.15, 0.2) is 5.78 Å². The van der Waals surface area contributed by atoms with Gasteiger partial charge in [-0.15, -0.1) is 11.8 Å². The maximum atomic E-state index is 12.1. The zero-order valence-electron chi connectivity index (χ0n) is 9.03. The van der Waals surface area contributed by atoms with Crippen molar-refractivity contribution in [3.63, 3.8) is 0 Å². The second-order valence-electron chi connectivity index (χ2n) is 4.08. The first-order valence-corrected chi connectivity index (χ1v) is 6.31. The minimum atomic E-state index is -0.191. The molecule has 15 heavy (non-hydrogen) atoms. The molecule has 2 fully saturated rings. The van der Waals surface area contributed by atoms with Crippen molar-refractivity contribution >= 4 is 23.5 Å². The minimum Gasteiger partial charge on any atom is -0.318 e. The van der Waals surface area contributed by atoms with E-state index in [9.17, 15) is 9.59 Å². The zero-order chi connectivity index (χ0) is 11.0. The van der Waals surface area contributed by atoms with Gasteiger partial charge in [0.05, 0.1) is 11.4 Å². The van der Waals surface area contributed by atoms with E-state index in [2.05, 4.69) is 5.32 Å². The summed E-state index contributed by atoms with van der Waals surface area (Å²) in [6, 6.07) is -0.287. The minimum absolute atomic E-state index is 0.0956. The topological polar surface area (TPSA) is 49.4 Å². The molecule has 2 aliphatic rings. The maximum Gasteiger partial charge on any atom is 0.241 e. The van der Waals surface area contributed by atoms with E-state index in [-0.39, 0.29) is 29.1 Å². The van der Waals surface area contributed by atoms with Crippen molar-refractivity contribution < 1.29 is 9.59 Å². The Morgan fingerprint density at radius 1 is 1.53 bits per heavy atom. The number of likely N-dealkylation sites (N-methyl/N-ethyl adjacent to an activating group) is 1. The molecule has 2 saturated heterocycles. The van der Waals surface area contributed by atoms with Crippen LogP contribution in [0.3, 0.4) is 0 Å². The van der Waals surface area contributed by atoms with Crippen molar-refractivity contribution in [3.8, 4) is 0 Å². The molecule has 0 radical (unpaired) electrons. The van der Waals surface area contributed by atoms with Crippen molar-refractivity contribution in [1.29, 1.82) is 0 Å². The van der Waals surface area contributed by atoms with Crippen LogP contribution in [0.15, 0.2) is 0 Å². The van der Waals surface area contributed by atoms with Gasteiger partial charge in [0.2, 0.25) is 5.91 Å². The van der Waals surface area contributed by atoms with Crippen LogP contribution in [-0.4, -0.2) is 46.8 Å². The molecule has 4 nitrogen and oxygen atoms in total. The van der Waals surface area contributed by atoms with E-state index in [1.165, 1.54) is 0 Å². The molecule has 5 heteroatoms. The summed E-state index contributed by atoms with van der Waals surface area (Å²) in [5.41, 5.74) is 0. The smallest absolute Gasteiger partial charge is 0.241 e. The molecule has 0 aromatic carbocycles. The van der Waals surface area contributed by atoms with Crippen LogP contribution in [0.25, 0.3) is 0 Å². The summed E-state index contributed by atoms with van der Waals surface area (Å²) < 4.78 is 0. The molecule has 2 aliphatic heterocycles. The lowest BCUT2D eigenvalue weighted by molar-refractivity contribution is -0.142. The van der Waals surface area contributed by atoms with Crippen LogP contribution in [0, 0.1) is 0 Å². The Kier molecular flexibility index (Phi) is 3.02. The summed E-state index contributed by atoms with van der Waals surface area (Å²) >= 11 is 1.74. The van der Waals surface area contributed by atoms with Gasteiger partial charge in [-0.1, -0.05) is 0 Å². The molecule has 84 valence electrons. The number of piperidine rings is 1. The van der Waals surface area contributed by atoms with Crippen molar-refractivity contribution in [3.05, 3.63) is 0 Å². The average molecular weight is 228 g/mol. The lowest BCUT2D eigenvalue weighted by atomic mass is 10.0. The first-order valence-electron chi connectivity index (χ1n) is 5.26. The van der Waals surface area contributed by atoms with Gasteiger partial charge in [-0.25, -0.2) is 0 Å². The van der Waals surface area contributed by atoms with Crippen LogP contribution in [0.2, 0.25) is 0 Å². The van der Waals surface area contributed by atoms with Crippen LogP contribution in [0.1, 0.15) is 19.8 Å². The van der Waals surface area contributed by atoms with Gasteiger partial charge >= 0.3 is 0 Å². The fraction of sp³-hybridized carbons (Fsp3) is 0.800. The third-order valence-electron chi connectivity index (χ3n) is 3.17. The Bertz CT molecular complexity index is 295. The first kappa shape index (κ1) is 11.0. The number of ketones is 1. The molecule has 2 heterocycles. The van der Waals surface area contributed by atoms with Gasteiger partial charge in [0.25, 0.3) is 0 Å². The molecule has 0 aliphatic carbocycles. The molecular formula is C10H16N2O2S. The van der Waals surface area contributed by atoms with Gasteiger partial charge in [0, 0.05) is 5.75 Å². The number of hydrogen-bond donors (Lipinski definition) is 1. The van der Waals surface area contributed by atoms with Crippen molar-refractivity contribution in [2.75, 3.05) is 12.8 Å². The van der Waals surface area contributed by atoms with Crippen molar-refractivity contribution in [2.24, 2.45) is 0 Å². The van der Waals surface area contributed by atoms with Crippen molar-refractivity contribution in [2.45, 2.75) is 37.2 Å². The van der Waals surface area contributed by atoms with E-state index in [1.54, 1.807) is 30.6 Å². The Morgan fingerprint density at radius 2 is 2.27 bits per heavy atom. The molecular weight excluding hydrogens is 212 g/mol. The van der Waals surface area contributed by atoms with E-state index in [4.69, 9.17) is 0 Å². The number of carbonyl (C=O) groups excluding carboxylic acids is 2. The second-order valence-corrected chi connectivity index (χ2v) is 5.29. The number of rotatable bonds is 2. The third kappa shape index (κ3) is 1.78. The standard InChI is InChI=1S/C10H16N2O2S/c1-6(13)8-5-15-9-4-3-7(11-2)10(14)12(8)9/h7-9,11H,3-5H2,1-2H3/t7?,8?,9-/m1/s1. The molecule has 0 aromatic heterocycles. The predicted molar refractivity (Wildman–Crippen MR) is 59.6 cm³/mol. The highest BCUT2D eigenvalue weighted by Crippen LogP contribution is 2.36. The zero-order valence-corrected chi connectivity index (χ0v) is 9.84. The van der Waals surface area contributed by atoms with E-state index in [0.29, 0.717) is 0 Å². The fourth-order valence-electron chi connectivity index (χ4n) is 2.28. The van der Waals surface area contributed by atoms with Gasteiger partial charge < -0.3 is 10.2 Å². The van der Waals surface area contributed by atoms with Gasteiger partial charge in [-0.05, 0) is 26.8 Å². The largest absolute Gasteiger partial charge is 0.318 e.